The predicted molar refractivity (Wildman–Crippen MR) is 45.1 cm³/mol. The van der Waals surface area contributed by atoms with Crippen LogP contribution in [0.25, 0.3) is 0 Å². The molecule has 0 bridgehead atoms. The average Bonchev–Trinajstić information content (AvgIpc) is 1.91. The van der Waals surface area contributed by atoms with Gasteiger partial charge < -0.3 is 4.74 Å². The molecule has 0 aromatic rings. The summed E-state index contributed by atoms with van der Waals surface area (Å²) in [5.74, 6) is 0. The Hall–Kier alpha value is -0.300. The van der Waals surface area contributed by atoms with E-state index in [4.69, 9.17) is 4.74 Å². The average molecular weight is 142 g/mol. The lowest BCUT2D eigenvalue weighted by atomic mass is 10.1. The Morgan fingerprint density at radius 1 is 1.50 bits per heavy atom. The normalized spacial score (nSPS) is 24.4. The van der Waals surface area contributed by atoms with Gasteiger partial charge in [0.05, 0.1) is 12.7 Å². The largest absolute Gasteiger partial charge is 0.374 e. The van der Waals surface area contributed by atoms with Crippen molar-refractivity contribution in [3.05, 3.63) is 11.6 Å². The molecule has 0 saturated heterocycles. The molecule has 0 aliphatic carbocycles. The van der Waals surface area contributed by atoms with E-state index in [2.05, 4.69) is 19.9 Å². The molecule has 1 atom stereocenters. The van der Waals surface area contributed by atoms with Gasteiger partial charge >= 0.3 is 0 Å². The van der Waals surface area contributed by atoms with Gasteiger partial charge in [-0.2, -0.15) is 0 Å². The molecule has 1 heteroatoms. The molecular weight excluding hydrogens is 124 g/mol. The van der Waals surface area contributed by atoms with E-state index in [0.29, 0.717) is 6.10 Å². The quantitative estimate of drug-likeness (QED) is 0.472. The third kappa shape index (κ3) is 3.67. The Kier molecular flexibility index (Phi) is 5.32. The van der Waals surface area contributed by atoms with Crippen molar-refractivity contribution >= 4 is 0 Å². The molecule has 0 radical (unpaired) electrons. The first kappa shape index (κ1) is 9.70. The van der Waals surface area contributed by atoms with E-state index < -0.39 is 0 Å². The van der Waals surface area contributed by atoms with Gasteiger partial charge in [0.25, 0.3) is 0 Å². The summed E-state index contributed by atoms with van der Waals surface area (Å²) < 4.78 is 5.27. The molecule has 0 fully saturated rings. The fourth-order valence-electron chi connectivity index (χ4n) is 0.938. The molecule has 1 heterocycles. The fourth-order valence-corrected chi connectivity index (χ4v) is 0.938. The molecule has 1 aliphatic heterocycles. The van der Waals surface area contributed by atoms with Crippen LogP contribution in [-0.2, 0) is 4.74 Å². The standard InChI is InChI=1S/C7H12O.C2H6/c1-6-3-4-8-7(2)5-6;1-2/h5,7H,3-4H2,1-2H3;1-2H3/t7-;/m0./s1. The number of hydrogen-bond acceptors (Lipinski definition) is 1. The molecule has 0 unspecified atom stereocenters. The van der Waals surface area contributed by atoms with Crippen LogP contribution < -0.4 is 0 Å². The van der Waals surface area contributed by atoms with Crippen molar-refractivity contribution < 1.29 is 4.74 Å². The van der Waals surface area contributed by atoms with Crippen molar-refractivity contribution in [1.82, 2.24) is 0 Å². The third-order valence-electron chi connectivity index (χ3n) is 1.40. The summed E-state index contributed by atoms with van der Waals surface area (Å²) in [4.78, 5) is 0. The first-order valence-corrected chi connectivity index (χ1v) is 4.08. The molecule has 1 nitrogen and oxygen atoms in total. The smallest absolute Gasteiger partial charge is 0.0730 e. The zero-order chi connectivity index (χ0) is 7.98. The van der Waals surface area contributed by atoms with E-state index >= 15 is 0 Å². The van der Waals surface area contributed by atoms with Crippen LogP contribution in [0, 0.1) is 0 Å². The van der Waals surface area contributed by atoms with Crippen molar-refractivity contribution in [3.8, 4) is 0 Å². The van der Waals surface area contributed by atoms with Crippen LogP contribution in [0.3, 0.4) is 0 Å². The first-order valence-electron chi connectivity index (χ1n) is 4.08. The van der Waals surface area contributed by atoms with Crippen LogP contribution in [0.2, 0.25) is 0 Å². The Bertz CT molecular complexity index is 105. The monoisotopic (exact) mass is 142 g/mol. The molecule has 60 valence electrons. The molecule has 0 saturated carbocycles. The summed E-state index contributed by atoms with van der Waals surface area (Å²) in [5.41, 5.74) is 1.46. The first-order chi connectivity index (χ1) is 4.79. The Morgan fingerprint density at radius 3 is 2.40 bits per heavy atom. The van der Waals surface area contributed by atoms with Crippen molar-refractivity contribution in [1.29, 1.82) is 0 Å². The summed E-state index contributed by atoms with van der Waals surface area (Å²) in [6.07, 6.45) is 3.64. The number of ether oxygens (including phenoxy) is 1. The van der Waals surface area contributed by atoms with Crippen LogP contribution in [0.1, 0.15) is 34.1 Å². The third-order valence-corrected chi connectivity index (χ3v) is 1.40. The highest BCUT2D eigenvalue weighted by Crippen LogP contribution is 2.10. The highest BCUT2D eigenvalue weighted by atomic mass is 16.5. The summed E-state index contributed by atoms with van der Waals surface area (Å²) >= 11 is 0. The zero-order valence-electron chi connectivity index (χ0n) is 7.48. The van der Waals surface area contributed by atoms with Crippen molar-refractivity contribution in [2.45, 2.75) is 40.2 Å². The van der Waals surface area contributed by atoms with Gasteiger partial charge in [0.1, 0.15) is 0 Å². The highest BCUT2D eigenvalue weighted by molar-refractivity contribution is 5.03. The molecular formula is C9H18O. The minimum Gasteiger partial charge on any atom is -0.374 e. The van der Waals surface area contributed by atoms with E-state index in [1.165, 1.54) is 5.57 Å². The van der Waals surface area contributed by atoms with Gasteiger partial charge in [-0.3, -0.25) is 0 Å². The molecule has 0 aromatic carbocycles. The van der Waals surface area contributed by atoms with Gasteiger partial charge in [-0.05, 0) is 20.3 Å². The second kappa shape index (κ2) is 5.48. The topological polar surface area (TPSA) is 9.23 Å². The molecule has 0 amide bonds. The predicted octanol–water partition coefficient (Wildman–Crippen LogP) is 2.77. The minimum absolute atomic E-state index is 0.351. The summed E-state index contributed by atoms with van der Waals surface area (Å²) in [6.45, 7) is 9.13. The van der Waals surface area contributed by atoms with E-state index in [1.54, 1.807) is 0 Å². The maximum absolute atomic E-state index is 5.27. The van der Waals surface area contributed by atoms with Gasteiger partial charge in [-0.1, -0.05) is 25.5 Å². The van der Waals surface area contributed by atoms with Crippen LogP contribution in [0.15, 0.2) is 11.6 Å². The van der Waals surface area contributed by atoms with Gasteiger partial charge in [0.15, 0.2) is 0 Å². The van der Waals surface area contributed by atoms with Crippen LogP contribution >= 0.6 is 0 Å². The highest BCUT2D eigenvalue weighted by Gasteiger charge is 2.04. The maximum atomic E-state index is 5.27. The maximum Gasteiger partial charge on any atom is 0.0730 e. The lowest BCUT2D eigenvalue weighted by molar-refractivity contribution is 0.0892. The molecule has 1 rings (SSSR count). The van der Waals surface area contributed by atoms with Crippen LogP contribution in [0.5, 0.6) is 0 Å². The molecule has 0 N–H and O–H groups in total. The summed E-state index contributed by atoms with van der Waals surface area (Å²) in [5, 5.41) is 0. The van der Waals surface area contributed by atoms with Gasteiger partial charge in [0.2, 0.25) is 0 Å². The second-order valence-corrected chi connectivity index (χ2v) is 2.34. The summed E-state index contributed by atoms with van der Waals surface area (Å²) in [7, 11) is 0. The van der Waals surface area contributed by atoms with Gasteiger partial charge in [0, 0.05) is 0 Å². The Balaban J connectivity index is 0.000000371. The minimum atomic E-state index is 0.351. The van der Waals surface area contributed by atoms with E-state index in [1.807, 2.05) is 13.8 Å². The lowest BCUT2D eigenvalue weighted by Crippen LogP contribution is -2.11. The molecule has 10 heavy (non-hydrogen) atoms. The van der Waals surface area contributed by atoms with E-state index in [-0.39, 0.29) is 0 Å². The SMILES string of the molecule is CC.CC1=C[C@H](C)OCC1. The lowest BCUT2D eigenvalue weighted by Gasteiger charge is -2.15. The van der Waals surface area contributed by atoms with Crippen LogP contribution in [-0.4, -0.2) is 12.7 Å². The Morgan fingerprint density at radius 2 is 2.10 bits per heavy atom. The van der Waals surface area contributed by atoms with Gasteiger partial charge in [-0.15, -0.1) is 0 Å². The van der Waals surface area contributed by atoms with Crippen LogP contribution in [0.4, 0.5) is 0 Å². The second-order valence-electron chi connectivity index (χ2n) is 2.34. The van der Waals surface area contributed by atoms with E-state index in [0.717, 1.165) is 13.0 Å². The summed E-state index contributed by atoms with van der Waals surface area (Å²) in [6, 6.07) is 0. The number of rotatable bonds is 0. The van der Waals surface area contributed by atoms with Crippen molar-refractivity contribution in [3.63, 3.8) is 0 Å². The van der Waals surface area contributed by atoms with Crippen molar-refractivity contribution in [2.24, 2.45) is 0 Å². The van der Waals surface area contributed by atoms with Gasteiger partial charge in [-0.25, -0.2) is 0 Å². The Labute approximate surface area is 64.1 Å². The molecule has 0 aromatic heterocycles. The molecule has 0 spiro atoms. The van der Waals surface area contributed by atoms with E-state index in [9.17, 15) is 0 Å². The fraction of sp³-hybridized carbons (Fsp3) is 0.778. The zero-order valence-corrected chi connectivity index (χ0v) is 7.48. The molecule has 1 aliphatic rings. The number of hydrogen-bond donors (Lipinski definition) is 0. The van der Waals surface area contributed by atoms with Crippen molar-refractivity contribution in [2.75, 3.05) is 6.61 Å².